The number of aryl methyl sites for hydroxylation is 1. The summed E-state index contributed by atoms with van der Waals surface area (Å²) in [5, 5.41) is 1.04. The molecule has 1 fully saturated rings. The SMILES string of the molecule is Cc1c(C(=O)N2CCN(C(=O)c3ccccc3F)CC2)[nH]c2ccccc12. The monoisotopic (exact) mass is 365 g/mol. The predicted molar refractivity (Wildman–Crippen MR) is 101 cm³/mol. The van der Waals surface area contributed by atoms with E-state index < -0.39 is 5.82 Å². The maximum absolute atomic E-state index is 13.9. The van der Waals surface area contributed by atoms with E-state index in [0.717, 1.165) is 16.5 Å². The number of rotatable bonds is 2. The Morgan fingerprint density at radius 3 is 2.15 bits per heavy atom. The first-order valence-electron chi connectivity index (χ1n) is 8.96. The first-order valence-corrected chi connectivity index (χ1v) is 8.96. The lowest BCUT2D eigenvalue weighted by Gasteiger charge is -2.34. The van der Waals surface area contributed by atoms with Gasteiger partial charge in [-0.1, -0.05) is 30.3 Å². The molecule has 1 saturated heterocycles. The molecule has 0 atom stereocenters. The van der Waals surface area contributed by atoms with Gasteiger partial charge in [-0.2, -0.15) is 0 Å². The summed E-state index contributed by atoms with van der Waals surface area (Å²) in [5.74, 6) is -0.918. The molecule has 1 aliphatic rings. The largest absolute Gasteiger partial charge is 0.350 e. The molecular weight excluding hydrogens is 345 g/mol. The van der Waals surface area contributed by atoms with Crippen molar-refractivity contribution in [1.82, 2.24) is 14.8 Å². The van der Waals surface area contributed by atoms with Crippen LogP contribution in [-0.4, -0.2) is 52.8 Å². The Morgan fingerprint density at radius 2 is 1.48 bits per heavy atom. The molecule has 138 valence electrons. The van der Waals surface area contributed by atoms with Gasteiger partial charge in [-0.25, -0.2) is 4.39 Å². The third kappa shape index (κ3) is 3.07. The molecule has 4 rings (SSSR count). The van der Waals surface area contributed by atoms with Gasteiger partial charge in [0.2, 0.25) is 0 Å². The molecule has 1 N–H and O–H groups in total. The van der Waals surface area contributed by atoms with Crippen LogP contribution in [0.2, 0.25) is 0 Å². The van der Waals surface area contributed by atoms with Gasteiger partial charge in [0.15, 0.2) is 0 Å². The third-order valence-corrected chi connectivity index (χ3v) is 5.14. The second-order valence-corrected chi connectivity index (χ2v) is 6.73. The number of aromatic nitrogens is 1. The topological polar surface area (TPSA) is 56.4 Å². The van der Waals surface area contributed by atoms with Crippen molar-refractivity contribution in [2.45, 2.75) is 6.92 Å². The number of para-hydroxylation sites is 1. The molecule has 2 heterocycles. The van der Waals surface area contributed by atoms with Crippen molar-refractivity contribution in [2.24, 2.45) is 0 Å². The van der Waals surface area contributed by atoms with E-state index in [1.54, 1.807) is 21.9 Å². The van der Waals surface area contributed by atoms with Gasteiger partial charge in [0.25, 0.3) is 11.8 Å². The van der Waals surface area contributed by atoms with Gasteiger partial charge in [-0.15, -0.1) is 0 Å². The van der Waals surface area contributed by atoms with Crippen molar-refractivity contribution < 1.29 is 14.0 Å². The first kappa shape index (κ1) is 17.3. The average molecular weight is 365 g/mol. The van der Waals surface area contributed by atoms with Gasteiger partial charge in [0.05, 0.1) is 5.56 Å². The first-order chi connectivity index (χ1) is 13.1. The molecule has 0 spiro atoms. The molecular formula is C21H20FN3O2. The van der Waals surface area contributed by atoms with Gasteiger partial charge >= 0.3 is 0 Å². The van der Waals surface area contributed by atoms with E-state index in [1.807, 2.05) is 31.2 Å². The summed E-state index contributed by atoms with van der Waals surface area (Å²) in [6.45, 7) is 3.56. The molecule has 0 unspecified atom stereocenters. The zero-order valence-electron chi connectivity index (χ0n) is 15.0. The van der Waals surface area contributed by atoms with Crippen LogP contribution in [0, 0.1) is 12.7 Å². The molecule has 0 saturated carbocycles. The van der Waals surface area contributed by atoms with E-state index >= 15 is 0 Å². The van der Waals surface area contributed by atoms with Crippen LogP contribution in [0.5, 0.6) is 0 Å². The zero-order chi connectivity index (χ0) is 19.0. The molecule has 27 heavy (non-hydrogen) atoms. The van der Waals surface area contributed by atoms with Gasteiger partial charge in [-0.3, -0.25) is 9.59 Å². The van der Waals surface area contributed by atoms with Crippen molar-refractivity contribution in [1.29, 1.82) is 0 Å². The normalized spacial score (nSPS) is 14.6. The third-order valence-electron chi connectivity index (χ3n) is 5.14. The van der Waals surface area contributed by atoms with Crippen LogP contribution in [-0.2, 0) is 0 Å². The fourth-order valence-electron chi connectivity index (χ4n) is 3.57. The van der Waals surface area contributed by atoms with Crippen molar-refractivity contribution in [3.63, 3.8) is 0 Å². The number of benzene rings is 2. The number of nitrogens with zero attached hydrogens (tertiary/aromatic N) is 2. The van der Waals surface area contributed by atoms with Gasteiger partial charge in [0.1, 0.15) is 11.5 Å². The number of amides is 2. The number of hydrogen-bond acceptors (Lipinski definition) is 2. The smallest absolute Gasteiger partial charge is 0.270 e. The second kappa shape index (κ2) is 6.87. The van der Waals surface area contributed by atoms with Crippen LogP contribution < -0.4 is 0 Å². The fraction of sp³-hybridized carbons (Fsp3) is 0.238. The van der Waals surface area contributed by atoms with Crippen molar-refractivity contribution in [3.8, 4) is 0 Å². The second-order valence-electron chi connectivity index (χ2n) is 6.73. The highest BCUT2D eigenvalue weighted by molar-refractivity contribution is 6.01. The van der Waals surface area contributed by atoms with Crippen LogP contribution in [0.4, 0.5) is 4.39 Å². The maximum atomic E-state index is 13.9. The Bertz CT molecular complexity index is 1020. The molecule has 1 aromatic heterocycles. The fourth-order valence-corrected chi connectivity index (χ4v) is 3.57. The Morgan fingerprint density at radius 1 is 0.889 bits per heavy atom. The highest BCUT2D eigenvalue weighted by atomic mass is 19.1. The van der Waals surface area contributed by atoms with Gasteiger partial charge < -0.3 is 14.8 Å². The van der Waals surface area contributed by atoms with E-state index in [-0.39, 0.29) is 17.4 Å². The number of nitrogens with one attached hydrogen (secondary N) is 1. The zero-order valence-corrected chi connectivity index (χ0v) is 15.0. The van der Waals surface area contributed by atoms with Crippen LogP contribution in [0.15, 0.2) is 48.5 Å². The number of carbonyl (C=O) groups excluding carboxylic acids is 2. The number of piperazine rings is 1. The lowest BCUT2D eigenvalue weighted by molar-refractivity contribution is 0.0529. The van der Waals surface area contributed by atoms with Crippen LogP contribution >= 0.6 is 0 Å². The molecule has 0 bridgehead atoms. The molecule has 2 amide bonds. The van der Waals surface area contributed by atoms with E-state index in [1.165, 1.54) is 12.1 Å². The summed E-state index contributed by atoms with van der Waals surface area (Å²) in [7, 11) is 0. The standard InChI is InChI=1S/C21H20FN3O2/c1-14-15-6-3-5-9-18(15)23-19(14)21(27)25-12-10-24(11-13-25)20(26)16-7-2-4-8-17(16)22/h2-9,23H,10-13H2,1H3. The summed E-state index contributed by atoms with van der Waals surface area (Å²) in [6.07, 6.45) is 0. The Labute approximate surface area is 156 Å². The van der Waals surface area contributed by atoms with E-state index in [0.29, 0.717) is 31.9 Å². The van der Waals surface area contributed by atoms with Gasteiger partial charge in [0, 0.05) is 37.1 Å². The van der Waals surface area contributed by atoms with Crippen LogP contribution in [0.25, 0.3) is 10.9 Å². The highest BCUT2D eigenvalue weighted by Crippen LogP contribution is 2.23. The minimum atomic E-state index is -0.519. The quantitative estimate of drug-likeness (QED) is 0.758. The predicted octanol–water partition coefficient (Wildman–Crippen LogP) is 3.21. The molecule has 0 aliphatic carbocycles. The van der Waals surface area contributed by atoms with Gasteiger partial charge in [-0.05, 0) is 30.7 Å². The van der Waals surface area contributed by atoms with Crippen LogP contribution in [0.1, 0.15) is 26.4 Å². The number of halogens is 1. The molecule has 6 heteroatoms. The minimum Gasteiger partial charge on any atom is -0.350 e. The van der Waals surface area contributed by atoms with Crippen molar-refractivity contribution >= 4 is 22.7 Å². The number of aromatic amines is 1. The van der Waals surface area contributed by atoms with Crippen molar-refractivity contribution in [3.05, 3.63) is 71.2 Å². The summed E-state index contributed by atoms with van der Waals surface area (Å²) in [5.41, 5.74) is 2.53. The van der Waals surface area contributed by atoms with E-state index in [9.17, 15) is 14.0 Å². The summed E-state index contributed by atoms with van der Waals surface area (Å²) in [6, 6.07) is 13.8. The van der Waals surface area contributed by atoms with Crippen LogP contribution in [0.3, 0.4) is 0 Å². The minimum absolute atomic E-state index is 0.0679. The van der Waals surface area contributed by atoms with E-state index in [2.05, 4.69) is 4.98 Å². The lowest BCUT2D eigenvalue weighted by atomic mass is 10.1. The molecule has 3 aromatic rings. The molecule has 5 nitrogen and oxygen atoms in total. The Balaban J connectivity index is 1.47. The summed E-state index contributed by atoms with van der Waals surface area (Å²) < 4.78 is 13.9. The molecule has 0 radical (unpaired) electrons. The number of fused-ring (bicyclic) bond motifs is 1. The Hall–Kier alpha value is -3.15. The summed E-state index contributed by atoms with van der Waals surface area (Å²) >= 11 is 0. The maximum Gasteiger partial charge on any atom is 0.270 e. The number of hydrogen-bond donors (Lipinski definition) is 1. The molecule has 2 aromatic carbocycles. The summed E-state index contributed by atoms with van der Waals surface area (Å²) in [4.78, 5) is 32.0. The number of H-pyrrole nitrogens is 1. The lowest BCUT2D eigenvalue weighted by Crippen LogP contribution is -2.50. The molecule has 1 aliphatic heterocycles. The van der Waals surface area contributed by atoms with Crippen molar-refractivity contribution in [2.75, 3.05) is 26.2 Å². The van der Waals surface area contributed by atoms with E-state index in [4.69, 9.17) is 0 Å². The number of carbonyl (C=O) groups is 2. The average Bonchev–Trinajstić information content (AvgIpc) is 3.04. The Kier molecular flexibility index (Phi) is 4.39. The highest BCUT2D eigenvalue weighted by Gasteiger charge is 2.28.